The van der Waals surface area contributed by atoms with Crippen molar-refractivity contribution in [2.45, 2.75) is 44.1 Å². The molecule has 3 heteroatoms. The molecule has 3 unspecified atom stereocenters. The number of para-hydroxylation sites is 1. The summed E-state index contributed by atoms with van der Waals surface area (Å²) in [7, 11) is 0. The van der Waals surface area contributed by atoms with Crippen LogP contribution in [0.4, 0.5) is 0 Å². The van der Waals surface area contributed by atoms with Gasteiger partial charge in [0, 0.05) is 6.61 Å². The lowest BCUT2D eigenvalue weighted by atomic mass is 9.72. The van der Waals surface area contributed by atoms with Crippen molar-refractivity contribution < 1.29 is 15.3 Å². The van der Waals surface area contributed by atoms with Crippen molar-refractivity contribution in [3.63, 3.8) is 0 Å². The number of rotatable bonds is 4. The molecule has 3 nitrogen and oxygen atoms in total. The lowest BCUT2D eigenvalue weighted by Gasteiger charge is -2.35. The molecule has 100 valence electrons. The van der Waals surface area contributed by atoms with Gasteiger partial charge in [-0.25, -0.2) is 0 Å². The number of phenolic OH excluding ortho intramolecular Hbond substituents is 1. The van der Waals surface area contributed by atoms with Gasteiger partial charge in [-0.3, -0.25) is 0 Å². The summed E-state index contributed by atoms with van der Waals surface area (Å²) in [6.07, 6.45) is 4.01. The van der Waals surface area contributed by atoms with Crippen LogP contribution in [-0.2, 0) is 0 Å². The molecule has 0 radical (unpaired) electrons. The van der Waals surface area contributed by atoms with Gasteiger partial charge in [-0.15, -0.1) is 0 Å². The second-order valence-corrected chi connectivity index (χ2v) is 5.26. The summed E-state index contributed by atoms with van der Waals surface area (Å²) in [4.78, 5) is 0. The third-order valence-electron chi connectivity index (χ3n) is 4.03. The standard InChI is InChI=1S/C15H22O3/c16-9-3-4-11-7-8-12(17)10-14(11)13-5-1-2-6-15(13)18/h1-2,5-6,11-12,14,16-18H,3-4,7-10H2. The van der Waals surface area contributed by atoms with E-state index in [4.69, 9.17) is 5.11 Å². The SMILES string of the molecule is OCCCC1CCC(O)CC1c1ccccc1O. The quantitative estimate of drug-likeness (QED) is 0.769. The second kappa shape index (κ2) is 6.21. The zero-order chi connectivity index (χ0) is 13.0. The van der Waals surface area contributed by atoms with Crippen LogP contribution >= 0.6 is 0 Å². The number of aliphatic hydroxyl groups excluding tert-OH is 2. The third kappa shape index (κ3) is 3.03. The monoisotopic (exact) mass is 250 g/mol. The van der Waals surface area contributed by atoms with E-state index >= 15 is 0 Å². The van der Waals surface area contributed by atoms with E-state index in [2.05, 4.69) is 0 Å². The van der Waals surface area contributed by atoms with Crippen molar-refractivity contribution in [3.8, 4) is 5.75 Å². The fraction of sp³-hybridized carbons (Fsp3) is 0.600. The molecule has 3 atom stereocenters. The van der Waals surface area contributed by atoms with E-state index in [0.29, 0.717) is 18.1 Å². The smallest absolute Gasteiger partial charge is 0.119 e. The van der Waals surface area contributed by atoms with Gasteiger partial charge in [0.1, 0.15) is 5.75 Å². The second-order valence-electron chi connectivity index (χ2n) is 5.26. The van der Waals surface area contributed by atoms with E-state index in [9.17, 15) is 10.2 Å². The largest absolute Gasteiger partial charge is 0.508 e. The molecule has 0 aromatic heterocycles. The molecule has 3 N–H and O–H groups in total. The molecule has 1 aromatic rings. The highest BCUT2D eigenvalue weighted by molar-refractivity contribution is 5.35. The number of aromatic hydroxyl groups is 1. The lowest BCUT2D eigenvalue weighted by molar-refractivity contribution is 0.0879. The van der Waals surface area contributed by atoms with Gasteiger partial charge in [-0.1, -0.05) is 18.2 Å². The van der Waals surface area contributed by atoms with Gasteiger partial charge >= 0.3 is 0 Å². The van der Waals surface area contributed by atoms with Crippen molar-refractivity contribution in [1.82, 2.24) is 0 Å². The average Bonchev–Trinajstić information content (AvgIpc) is 2.38. The predicted molar refractivity (Wildman–Crippen MR) is 70.5 cm³/mol. The summed E-state index contributed by atoms with van der Waals surface area (Å²) in [5, 5.41) is 28.8. The minimum Gasteiger partial charge on any atom is -0.508 e. The summed E-state index contributed by atoms with van der Waals surface area (Å²) in [5.74, 6) is 0.987. The molecular weight excluding hydrogens is 228 g/mol. The topological polar surface area (TPSA) is 60.7 Å². The summed E-state index contributed by atoms with van der Waals surface area (Å²) in [6, 6.07) is 7.41. The van der Waals surface area contributed by atoms with Crippen LogP contribution in [0.25, 0.3) is 0 Å². The highest BCUT2D eigenvalue weighted by Gasteiger charge is 2.31. The fourth-order valence-corrected chi connectivity index (χ4v) is 3.09. The average molecular weight is 250 g/mol. The molecule has 1 aliphatic carbocycles. The predicted octanol–water partition coefficient (Wildman–Crippen LogP) is 2.41. The van der Waals surface area contributed by atoms with Gasteiger partial charge in [-0.2, -0.15) is 0 Å². The molecule has 0 saturated heterocycles. The maximum atomic E-state index is 9.96. The van der Waals surface area contributed by atoms with Crippen LogP contribution in [0.15, 0.2) is 24.3 Å². The van der Waals surface area contributed by atoms with Crippen LogP contribution in [0, 0.1) is 5.92 Å². The van der Waals surface area contributed by atoms with Crippen molar-refractivity contribution in [2.75, 3.05) is 6.61 Å². The maximum absolute atomic E-state index is 9.96. The van der Waals surface area contributed by atoms with Crippen LogP contribution in [0.5, 0.6) is 5.75 Å². The van der Waals surface area contributed by atoms with Gasteiger partial charge in [0.2, 0.25) is 0 Å². The molecule has 18 heavy (non-hydrogen) atoms. The molecule has 1 aromatic carbocycles. The van der Waals surface area contributed by atoms with Crippen LogP contribution in [-0.4, -0.2) is 28.0 Å². The highest BCUT2D eigenvalue weighted by Crippen LogP contribution is 2.42. The van der Waals surface area contributed by atoms with Gasteiger partial charge < -0.3 is 15.3 Å². The Hall–Kier alpha value is -1.06. The molecular formula is C15H22O3. The van der Waals surface area contributed by atoms with E-state index < -0.39 is 0 Å². The van der Waals surface area contributed by atoms with Crippen LogP contribution < -0.4 is 0 Å². The van der Waals surface area contributed by atoms with Gasteiger partial charge in [-0.05, 0) is 55.6 Å². The molecule has 0 amide bonds. The van der Waals surface area contributed by atoms with Crippen LogP contribution in [0.1, 0.15) is 43.6 Å². The van der Waals surface area contributed by atoms with Gasteiger partial charge in [0.25, 0.3) is 0 Å². The van der Waals surface area contributed by atoms with E-state index in [1.807, 2.05) is 18.2 Å². The Balaban J connectivity index is 2.17. The molecule has 1 fully saturated rings. The first kappa shape index (κ1) is 13.4. The Morgan fingerprint density at radius 1 is 1.17 bits per heavy atom. The van der Waals surface area contributed by atoms with Crippen LogP contribution in [0.3, 0.4) is 0 Å². The Morgan fingerprint density at radius 3 is 2.67 bits per heavy atom. The molecule has 1 saturated carbocycles. The number of benzene rings is 1. The Kier molecular flexibility index (Phi) is 4.61. The minimum atomic E-state index is -0.264. The Bertz CT molecular complexity index is 376. The number of phenols is 1. The van der Waals surface area contributed by atoms with Crippen molar-refractivity contribution >= 4 is 0 Å². The Labute approximate surface area is 108 Å². The zero-order valence-electron chi connectivity index (χ0n) is 10.6. The van der Waals surface area contributed by atoms with E-state index in [-0.39, 0.29) is 18.6 Å². The number of hydrogen-bond acceptors (Lipinski definition) is 3. The van der Waals surface area contributed by atoms with E-state index in [1.165, 1.54) is 0 Å². The molecule has 0 spiro atoms. The van der Waals surface area contributed by atoms with Crippen molar-refractivity contribution in [1.29, 1.82) is 0 Å². The van der Waals surface area contributed by atoms with Gasteiger partial charge in [0.15, 0.2) is 0 Å². The molecule has 0 aliphatic heterocycles. The molecule has 2 rings (SSSR count). The first-order chi connectivity index (χ1) is 8.72. The Morgan fingerprint density at radius 2 is 1.94 bits per heavy atom. The lowest BCUT2D eigenvalue weighted by Crippen LogP contribution is -2.26. The van der Waals surface area contributed by atoms with E-state index in [0.717, 1.165) is 31.2 Å². The molecule has 1 aliphatic rings. The summed E-state index contributed by atoms with van der Waals surface area (Å²) in [6.45, 7) is 0.215. The van der Waals surface area contributed by atoms with Crippen LogP contribution in [0.2, 0.25) is 0 Å². The number of aliphatic hydroxyl groups is 2. The summed E-state index contributed by atoms with van der Waals surface area (Å²) in [5.41, 5.74) is 0.944. The van der Waals surface area contributed by atoms with Gasteiger partial charge in [0.05, 0.1) is 6.10 Å². The number of hydrogen-bond donors (Lipinski definition) is 3. The highest BCUT2D eigenvalue weighted by atomic mass is 16.3. The van der Waals surface area contributed by atoms with Crippen molar-refractivity contribution in [2.24, 2.45) is 5.92 Å². The minimum absolute atomic E-state index is 0.210. The first-order valence-corrected chi connectivity index (χ1v) is 6.79. The summed E-state index contributed by atoms with van der Waals surface area (Å²) < 4.78 is 0. The zero-order valence-corrected chi connectivity index (χ0v) is 10.6. The van der Waals surface area contributed by atoms with E-state index in [1.54, 1.807) is 6.07 Å². The van der Waals surface area contributed by atoms with Crippen molar-refractivity contribution in [3.05, 3.63) is 29.8 Å². The fourth-order valence-electron chi connectivity index (χ4n) is 3.09. The first-order valence-electron chi connectivity index (χ1n) is 6.79. The summed E-state index contributed by atoms with van der Waals surface area (Å²) >= 11 is 0. The molecule has 0 bridgehead atoms. The third-order valence-corrected chi connectivity index (χ3v) is 4.03. The maximum Gasteiger partial charge on any atom is 0.119 e. The normalized spacial score (nSPS) is 28.2. The molecule has 0 heterocycles.